The number of hydrogen-bond acceptors (Lipinski definition) is 4. The number of rotatable bonds is 4. The Bertz CT molecular complexity index is 1270. The van der Waals surface area contributed by atoms with E-state index in [1.54, 1.807) is 12.1 Å². The van der Waals surface area contributed by atoms with E-state index in [2.05, 4.69) is 6.92 Å². The molecule has 1 aliphatic carbocycles. The van der Waals surface area contributed by atoms with Crippen LogP contribution in [0.25, 0.3) is 5.76 Å². The lowest BCUT2D eigenvalue weighted by atomic mass is 9.89. The number of anilines is 1. The third kappa shape index (κ3) is 3.67. The van der Waals surface area contributed by atoms with Crippen molar-refractivity contribution in [2.45, 2.75) is 52.0 Å². The van der Waals surface area contributed by atoms with Crippen LogP contribution in [0.2, 0.25) is 0 Å². The lowest BCUT2D eigenvalue weighted by Gasteiger charge is -2.24. The number of benzene rings is 2. The zero-order chi connectivity index (χ0) is 23.1. The van der Waals surface area contributed by atoms with Gasteiger partial charge in [0.1, 0.15) is 23.3 Å². The minimum atomic E-state index is -0.831. The van der Waals surface area contributed by atoms with Crippen molar-refractivity contribution in [1.82, 2.24) is 0 Å². The molecule has 1 atom stereocenters. The number of carbonyl (C=O) groups excluding carboxylic acids is 2. The number of nitrogens with zero attached hydrogens (tertiary/aromatic N) is 1. The molecule has 0 bridgehead atoms. The number of ketones is 1. The van der Waals surface area contributed by atoms with E-state index in [-0.39, 0.29) is 11.3 Å². The Morgan fingerprint density at radius 3 is 2.39 bits per heavy atom. The summed E-state index contributed by atoms with van der Waals surface area (Å²) in [5.74, 6) is -0.411. The number of carbonyl (C=O) groups is 2. The summed E-state index contributed by atoms with van der Waals surface area (Å²) in [5.41, 5.74) is 4.83. The number of hydrogen-bond donors (Lipinski definition) is 1. The molecule has 0 spiro atoms. The molecule has 0 saturated carbocycles. The van der Waals surface area contributed by atoms with Crippen molar-refractivity contribution < 1.29 is 19.1 Å². The molecule has 1 aliphatic heterocycles. The fourth-order valence-corrected chi connectivity index (χ4v) is 4.90. The summed E-state index contributed by atoms with van der Waals surface area (Å²) < 4.78 is 5.88. The molecule has 0 radical (unpaired) electrons. The second kappa shape index (κ2) is 8.39. The van der Waals surface area contributed by atoms with E-state index in [1.165, 1.54) is 16.0 Å². The van der Waals surface area contributed by atoms with Gasteiger partial charge in [0, 0.05) is 11.3 Å². The second-order valence-electron chi connectivity index (χ2n) is 8.83. The van der Waals surface area contributed by atoms with Crippen molar-refractivity contribution in [2.24, 2.45) is 0 Å². The predicted molar refractivity (Wildman–Crippen MR) is 127 cm³/mol. The van der Waals surface area contributed by atoms with E-state index >= 15 is 0 Å². The third-order valence-corrected chi connectivity index (χ3v) is 6.72. The molecule has 5 rings (SSSR count). The molecular weight excluding hydrogens is 414 g/mol. The van der Waals surface area contributed by atoms with Crippen LogP contribution < -0.4 is 4.90 Å². The van der Waals surface area contributed by atoms with Gasteiger partial charge >= 0.3 is 0 Å². The minimum Gasteiger partial charge on any atom is -0.507 e. The van der Waals surface area contributed by atoms with Crippen molar-refractivity contribution in [2.75, 3.05) is 4.90 Å². The predicted octanol–water partition coefficient (Wildman–Crippen LogP) is 5.66. The molecule has 5 heteroatoms. The topological polar surface area (TPSA) is 70.8 Å². The van der Waals surface area contributed by atoms with Gasteiger partial charge in [0.25, 0.3) is 11.7 Å². The summed E-state index contributed by atoms with van der Waals surface area (Å²) in [5, 5.41) is 11.3. The highest BCUT2D eigenvalue weighted by Crippen LogP contribution is 2.43. The van der Waals surface area contributed by atoms with Gasteiger partial charge < -0.3 is 9.52 Å². The molecule has 1 unspecified atom stereocenters. The highest BCUT2D eigenvalue weighted by molar-refractivity contribution is 6.51. The summed E-state index contributed by atoms with van der Waals surface area (Å²) in [6.07, 6.45) is 5.13. The summed E-state index contributed by atoms with van der Waals surface area (Å²) >= 11 is 0. The first-order valence-corrected chi connectivity index (χ1v) is 11.6. The molecule has 3 aromatic rings. The van der Waals surface area contributed by atoms with Crippen molar-refractivity contribution >= 4 is 23.1 Å². The molecule has 2 heterocycles. The van der Waals surface area contributed by atoms with Crippen molar-refractivity contribution in [3.8, 4) is 0 Å². The van der Waals surface area contributed by atoms with Crippen molar-refractivity contribution in [3.63, 3.8) is 0 Å². The number of aliphatic hydroxyl groups is 1. The molecular formula is C28H27NO4. The molecule has 2 aromatic carbocycles. The van der Waals surface area contributed by atoms with Gasteiger partial charge in [-0.3, -0.25) is 14.5 Å². The molecule has 1 aromatic heterocycles. The minimum absolute atomic E-state index is 0.0599. The average Bonchev–Trinajstić information content (AvgIpc) is 3.39. The van der Waals surface area contributed by atoms with E-state index < -0.39 is 17.7 Å². The average molecular weight is 442 g/mol. The Balaban J connectivity index is 1.66. The van der Waals surface area contributed by atoms with Gasteiger partial charge in [0.2, 0.25) is 0 Å². The molecule has 168 valence electrons. The third-order valence-electron chi connectivity index (χ3n) is 6.72. The van der Waals surface area contributed by atoms with E-state index in [9.17, 15) is 14.7 Å². The Morgan fingerprint density at radius 1 is 1.00 bits per heavy atom. The maximum Gasteiger partial charge on any atom is 0.300 e. The SMILES string of the molecule is CCc1ccc(N2C(=O)C(=O)/C(=C(\O)c3ccc4c(c3)CCCC4)C2c2ccc(C)o2)cc1. The van der Waals surface area contributed by atoms with Crippen LogP contribution in [0.4, 0.5) is 5.69 Å². The van der Waals surface area contributed by atoms with Gasteiger partial charge in [-0.2, -0.15) is 0 Å². The summed E-state index contributed by atoms with van der Waals surface area (Å²) in [4.78, 5) is 27.9. The highest BCUT2D eigenvalue weighted by atomic mass is 16.3. The smallest absolute Gasteiger partial charge is 0.300 e. The van der Waals surface area contributed by atoms with Crippen LogP contribution in [0.1, 0.15) is 59.6 Å². The normalized spacial score (nSPS) is 19.7. The molecule has 1 fully saturated rings. The molecule has 5 nitrogen and oxygen atoms in total. The van der Waals surface area contributed by atoms with E-state index in [1.807, 2.05) is 49.4 Å². The summed E-state index contributed by atoms with van der Waals surface area (Å²) in [6, 6.07) is 16.1. The van der Waals surface area contributed by atoms with Crippen molar-refractivity contribution in [3.05, 3.63) is 93.9 Å². The second-order valence-corrected chi connectivity index (χ2v) is 8.83. The molecule has 1 amide bonds. The first-order valence-electron chi connectivity index (χ1n) is 11.6. The van der Waals surface area contributed by atoms with Crippen LogP contribution in [-0.4, -0.2) is 16.8 Å². The van der Waals surface area contributed by atoms with E-state index in [0.29, 0.717) is 22.8 Å². The van der Waals surface area contributed by atoms with Crippen LogP contribution in [0.3, 0.4) is 0 Å². The zero-order valence-corrected chi connectivity index (χ0v) is 18.9. The lowest BCUT2D eigenvalue weighted by molar-refractivity contribution is -0.132. The van der Waals surface area contributed by atoms with Gasteiger partial charge in [0.15, 0.2) is 0 Å². The summed E-state index contributed by atoms with van der Waals surface area (Å²) in [7, 11) is 0. The Hall–Kier alpha value is -3.60. The van der Waals surface area contributed by atoms with E-state index in [0.717, 1.165) is 37.7 Å². The molecule has 1 N–H and O–H groups in total. The monoisotopic (exact) mass is 441 g/mol. The molecule has 33 heavy (non-hydrogen) atoms. The number of fused-ring (bicyclic) bond motifs is 1. The van der Waals surface area contributed by atoms with Crippen LogP contribution in [-0.2, 0) is 28.9 Å². The maximum absolute atomic E-state index is 13.3. The van der Waals surface area contributed by atoms with Gasteiger partial charge in [-0.15, -0.1) is 0 Å². The Morgan fingerprint density at radius 2 is 1.73 bits per heavy atom. The Kier molecular flexibility index (Phi) is 5.41. The van der Waals surface area contributed by atoms with Gasteiger partial charge in [-0.25, -0.2) is 0 Å². The molecule has 2 aliphatic rings. The molecule has 1 saturated heterocycles. The summed E-state index contributed by atoms with van der Waals surface area (Å²) in [6.45, 7) is 3.88. The number of aliphatic hydroxyl groups excluding tert-OH is 1. The number of Topliss-reactive ketones (excluding diaryl/α,β-unsaturated/α-hetero) is 1. The quantitative estimate of drug-likeness (QED) is 0.322. The van der Waals surface area contributed by atoms with Crippen LogP contribution in [0, 0.1) is 6.92 Å². The first kappa shape index (κ1) is 21.3. The number of furan rings is 1. The van der Waals surface area contributed by atoms with Crippen LogP contribution >= 0.6 is 0 Å². The van der Waals surface area contributed by atoms with Crippen LogP contribution in [0.15, 0.2) is 64.6 Å². The lowest BCUT2D eigenvalue weighted by Crippen LogP contribution is -2.29. The van der Waals surface area contributed by atoms with E-state index in [4.69, 9.17) is 4.42 Å². The first-order chi connectivity index (χ1) is 16.0. The number of amides is 1. The standard InChI is InChI=1S/C28H27NO4/c1-3-18-9-13-22(14-10-18)29-25(23-15-8-17(2)33-23)24(27(31)28(29)32)26(30)21-12-11-19-6-4-5-7-20(19)16-21/h8-16,25,30H,3-7H2,1-2H3/b26-24-. The van der Waals surface area contributed by atoms with Gasteiger partial charge in [-0.1, -0.05) is 31.2 Å². The van der Waals surface area contributed by atoms with Gasteiger partial charge in [-0.05, 0) is 86.1 Å². The maximum atomic E-state index is 13.3. The van der Waals surface area contributed by atoms with Gasteiger partial charge in [0.05, 0.1) is 5.57 Å². The number of aryl methyl sites for hydroxylation is 4. The largest absolute Gasteiger partial charge is 0.507 e. The fraction of sp³-hybridized carbons (Fsp3) is 0.286. The highest BCUT2D eigenvalue weighted by Gasteiger charge is 2.48. The fourth-order valence-electron chi connectivity index (χ4n) is 4.90. The Labute approximate surface area is 193 Å². The van der Waals surface area contributed by atoms with Crippen molar-refractivity contribution in [1.29, 1.82) is 0 Å². The zero-order valence-electron chi connectivity index (χ0n) is 18.9. The van der Waals surface area contributed by atoms with Crippen LogP contribution in [0.5, 0.6) is 0 Å².